The molecule has 150 valence electrons. The zero-order valence-electron chi connectivity index (χ0n) is 15.9. The van der Waals surface area contributed by atoms with E-state index in [9.17, 15) is 4.79 Å². The number of halogens is 2. The highest BCUT2D eigenvalue weighted by Gasteiger charge is 2.25. The second-order valence-corrected chi connectivity index (χ2v) is 11.1. The lowest BCUT2D eigenvalue weighted by atomic mass is 9.97. The number of aromatic nitrogens is 1. The fourth-order valence-electron chi connectivity index (χ4n) is 3.49. The molecule has 3 aromatic rings. The summed E-state index contributed by atoms with van der Waals surface area (Å²) >= 11 is 10.4. The Morgan fingerprint density at radius 2 is 1.90 bits per heavy atom. The Kier molecular flexibility index (Phi) is 6.69. The predicted molar refractivity (Wildman–Crippen MR) is 130 cm³/mol. The van der Waals surface area contributed by atoms with Gasteiger partial charge in [-0.15, -0.1) is 22.7 Å². The van der Waals surface area contributed by atoms with Gasteiger partial charge in [-0.25, -0.2) is 4.98 Å². The first-order valence-corrected chi connectivity index (χ1v) is 12.7. The van der Waals surface area contributed by atoms with Gasteiger partial charge in [-0.3, -0.25) is 4.79 Å². The van der Waals surface area contributed by atoms with E-state index in [1.807, 2.05) is 22.4 Å². The summed E-state index contributed by atoms with van der Waals surface area (Å²) in [6.45, 7) is 3.72. The highest BCUT2D eigenvalue weighted by Crippen LogP contribution is 2.36. The van der Waals surface area contributed by atoms with Gasteiger partial charge < -0.3 is 4.90 Å². The first kappa shape index (κ1) is 21.0. The molecule has 0 radical (unpaired) electrons. The number of benzene rings is 1. The van der Waals surface area contributed by atoms with Gasteiger partial charge in [0.05, 0.1) is 10.7 Å². The molecule has 3 nitrogen and oxygen atoms in total. The van der Waals surface area contributed by atoms with E-state index < -0.39 is 0 Å². The zero-order valence-corrected chi connectivity index (χ0v) is 20.7. The number of nitrogens with zero attached hydrogens (tertiary/aromatic N) is 2. The van der Waals surface area contributed by atoms with Crippen LogP contribution in [-0.4, -0.2) is 28.9 Å². The Balaban J connectivity index is 1.38. The Labute approximate surface area is 195 Å². The maximum Gasteiger partial charge on any atom is 0.246 e. The molecule has 1 amide bonds. The van der Waals surface area contributed by atoms with E-state index in [-0.39, 0.29) is 5.91 Å². The SMILES string of the molecule is Cc1sc(C2CCN(C(=O)C=Cc3cc(Br)cs3)CC2)nc1-c1ccc(Br)cc1. The summed E-state index contributed by atoms with van der Waals surface area (Å²) in [5, 5.41) is 3.22. The average Bonchev–Trinajstić information content (AvgIpc) is 3.32. The molecule has 0 atom stereocenters. The number of carbonyl (C=O) groups excluding carboxylic acids is 1. The topological polar surface area (TPSA) is 33.2 Å². The van der Waals surface area contributed by atoms with Crippen LogP contribution in [0.3, 0.4) is 0 Å². The Bertz CT molecular complexity index is 1030. The Morgan fingerprint density at radius 3 is 2.55 bits per heavy atom. The number of likely N-dealkylation sites (tertiary alicyclic amines) is 1. The molecule has 1 aliphatic heterocycles. The van der Waals surface area contributed by atoms with Gasteiger partial charge in [-0.05, 0) is 60.0 Å². The van der Waals surface area contributed by atoms with Crippen molar-refractivity contribution in [1.29, 1.82) is 0 Å². The van der Waals surface area contributed by atoms with Crippen molar-refractivity contribution in [2.75, 3.05) is 13.1 Å². The van der Waals surface area contributed by atoms with Crippen molar-refractivity contribution in [3.8, 4) is 11.3 Å². The second kappa shape index (κ2) is 9.25. The van der Waals surface area contributed by atoms with Gasteiger partial charge in [-0.2, -0.15) is 0 Å². The molecule has 0 N–H and O–H groups in total. The fraction of sp³-hybridized carbons (Fsp3) is 0.273. The fourth-order valence-corrected chi connectivity index (χ4v) is 6.20. The molecule has 3 heterocycles. The number of hydrogen-bond donors (Lipinski definition) is 0. The minimum Gasteiger partial charge on any atom is -0.339 e. The number of aryl methyl sites for hydroxylation is 1. The van der Waals surface area contributed by atoms with Gasteiger partial charge >= 0.3 is 0 Å². The van der Waals surface area contributed by atoms with E-state index in [1.54, 1.807) is 28.7 Å². The quantitative estimate of drug-likeness (QED) is 0.323. The van der Waals surface area contributed by atoms with Crippen LogP contribution >= 0.6 is 54.5 Å². The molecule has 0 unspecified atom stereocenters. The van der Waals surface area contributed by atoms with Crippen molar-refractivity contribution in [2.24, 2.45) is 0 Å². The number of hydrogen-bond acceptors (Lipinski definition) is 4. The third-order valence-electron chi connectivity index (χ3n) is 5.06. The monoisotopic (exact) mass is 550 g/mol. The van der Waals surface area contributed by atoms with E-state index in [1.165, 1.54) is 9.88 Å². The summed E-state index contributed by atoms with van der Waals surface area (Å²) in [4.78, 5) is 21.8. The maximum absolute atomic E-state index is 12.5. The summed E-state index contributed by atoms with van der Waals surface area (Å²) in [5.41, 5.74) is 2.24. The highest BCUT2D eigenvalue weighted by molar-refractivity contribution is 9.10. The van der Waals surface area contributed by atoms with Crippen LogP contribution in [0.1, 0.15) is 33.5 Å². The lowest BCUT2D eigenvalue weighted by molar-refractivity contribution is -0.126. The van der Waals surface area contributed by atoms with Gasteiger partial charge in [0.25, 0.3) is 0 Å². The smallest absolute Gasteiger partial charge is 0.246 e. The molecule has 0 bridgehead atoms. The number of amides is 1. The molecule has 4 rings (SSSR count). The third-order valence-corrected chi connectivity index (χ3v) is 8.39. The normalized spacial score (nSPS) is 15.3. The average molecular weight is 552 g/mol. The number of thiophene rings is 1. The van der Waals surface area contributed by atoms with Crippen LogP contribution in [0.2, 0.25) is 0 Å². The molecule has 0 saturated carbocycles. The van der Waals surface area contributed by atoms with E-state index in [0.717, 1.165) is 51.0 Å². The van der Waals surface area contributed by atoms with Crippen molar-refractivity contribution in [2.45, 2.75) is 25.7 Å². The second-order valence-electron chi connectivity index (χ2n) is 7.06. The van der Waals surface area contributed by atoms with Gasteiger partial charge in [0.2, 0.25) is 5.91 Å². The van der Waals surface area contributed by atoms with Crippen molar-refractivity contribution in [3.05, 3.63) is 65.5 Å². The molecule has 1 saturated heterocycles. The number of rotatable bonds is 4. The van der Waals surface area contributed by atoms with Crippen LogP contribution in [0.4, 0.5) is 0 Å². The van der Waals surface area contributed by atoms with E-state index >= 15 is 0 Å². The van der Waals surface area contributed by atoms with E-state index in [2.05, 4.69) is 63.0 Å². The van der Waals surface area contributed by atoms with Crippen LogP contribution in [-0.2, 0) is 4.79 Å². The molecule has 0 aliphatic carbocycles. The van der Waals surface area contributed by atoms with Crippen molar-refractivity contribution >= 4 is 66.5 Å². The lowest BCUT2D eigenvalue weighted by Gasteiger charge is -2.30. The van der Waals surface area contributed by atoms with Crippen LogP contribution in [0.15, 0.2) is 50.7 Å². The molecular weight excluding hydrogens is 532 g/mol. The van der Waals surface area contributed by atoms with Crippen molar-refractivity contribution < 1.29 is 4.79 Å². The van der Waals surface area contributed by atoms with Crippen LogP contribution in [0.5, 0.6) is 0 Å². The lowest BCUT2D eigenvalue weighted by Crippen LogP contribution is -2.36. The third kappa shape index (κ3) is 5.08. The predicted octanol–water partition coefficient (Wildman–Crippen LogP) is 7.12. The van der Waals surface area contributed by atoms with Gasteiger partial charge in [0.1, 0.15) is 0 Å². The maximum atomic E-state index is 12.5. The zero-order chi connectivity index (χ0) is 20.4. The molecular formula is C22H20Br2N2OS2. The van der Waals surface area contributed by atoms with Gasteiger partial charge in [-0.1, -0.05) is 28.1 Å². The molecule has 1 aliphatic rings. The number of carbonyl (C=O) groups is 1. The molecule has 7 heteroatoms. The first-order chi connectivity index (χ1) is 14.0. The first-order valence-electron chi connectivity index (χ1n) is 9.44. The van der Waals surface area contributed by atoms with Crippen LogP contribution in [0, 0.1) is 6.92 Å². The summed E-state index contributed by atoms with van der Waals surface area (Å²) in [6.07, 6.45) is 5.53. The van der Waals surface area contributed by atoms with Crippen LogP contribution in [0.25, 0.3) is 17.3 Å². The summed E-state index contributed by atoms with van der Waals surface area (Å²) in [7, 11) is 0. The van der Waals surface area contributed by atoms with Crippen molar-refractivity contribution in [3.63, 3.8) is 0 Å². The van der Waals surface area contributed by atoms with Gasteiger partial charge in [0, 0.05) is 54.7 Å². The number of piperidine rings is 1. The minimum atomic E-state index is 0.0962. The highest BCUT2D eigenvalue weighted by atomic mass is 79.9. The Hall–Kier alpha value is -1.28. The minimum absolute atomic E-state index is 0.0962. The molecule has 2 aromatic heterocycles. The molecule has 1 aromatic carbocycles. The summed E-state index contributed by atoms with van der Waals surface area (Å²) < 4.78 is 2.13. The molecule has 0 spiro atoms. The van der Waals surface area contributed by atoms with E-state index in [4.69, 9.17) is 4.98 Å². The molecule has 29 heavy (non-hydrogen) atoms. The Morgan fingerprint density at radius 1 is 1.17 bits per heavy atom. The van der Waals surface area contributed by atoms with Crippen molar-refractivity contribution in [1.82, 2.24) is 9.88 Å². The largest absolute Gasteiger partial charge is 0.339 e. The molecule has 1 fully saturated rings. The standard InChI is InChI=1S/C22H20Br2N2OS2/c1-14-21(15-2-4-17(23)5-3-15)25-22(29-14)16-8-10-26(11-9-16)20(27)7-6-19-12-18(24)13-28-19/h2-7,12-13,16H,8-11H2,1H3. The van der Waals surface area contributed by atoms with E-state index in [0.29, 0.717) is 5.92 Å². The number of thiazole rings is 1. The van der Waals surface area contributed by atoms with Gasteiger partial charge in [0.15, 0.2) is 0 Å². The summed E-state index contributed by atoms with van der Waals surface area (Å²) in [5.74, 6) is 0.531. The van der Waals surface area contributed by atoms with Crippen LogP contribution < -0.4 is 0 Å². The summed E-state index contributed by atoms with van der Waals surface area (Å²) in [6, 6.07) is 10.3.